The van der Waals surface area contributed by atoms with Crippen molar-refractivity contribution in [1.82, 2.24) is 9.55 Å². The zero-order chi connectivity index (χ0) is 13.4. The first-order valence-corrected chi connectivity index (χ1v) is 6.87. The molecule has 3 aromatic rings. The molecule has 0 amide bonds. The van der Waals surface area contributed by atoms with E-state index in [0.717, 1.165) is 27.1 Å². The predicted octanol–water partition coefficient (Wildman–Crippen LogP) is 4.10. The second kappa shape index (κ2) is 4.70. The largest absolute Gasteiger partial charge is 0.314 e. The molecule has 0 atom stereocenters. The van der Waals surface area contributed by atoms with Crippen LogP contribution in [0.25, 0.3) is 11.0 Å². The summed E-state index contributed by atoms with van der Waals surface area (Å²) in [7, 11) is 4.07. The molecular formula is C15H14BrN3. The third kappa shape index (κ3) is 2.02. The van der Waals surface area contributed by atoms with Crippen molar-refractivity contribution in [2.75, 3.05) is 11.9 Å². The minimum Gasteiger partial charge on any atom is -0.314 e. The zero-order valence-electron chi connectivity index (χ0n) is 10.8. The number of fused-ring (bicyclic) bond motifs is 1. The first-order chi connectivity index (χ1) is 9.18. The maximum atomic E-state index is 4.70. The highest BCUT2D eigenvalue weighted by atomic mass is 79.9. The van der Waals surface area contributed by atoms with Crippen LogP contribution in [0.1, 0.15) is 0 Å². The number of para-hydroxylation sites is 3. The van der Waals surface area contributed by atoms with Gasteiger partial charge in [0.2, 0.25) is 5.95 Å². The summed E-state index contributed by atoms with van der Waals surface area (Å²) in [5.74, 6) is 0.924. The van der Waals surface area contributed by atoms with E-state index in [2.05, 4.69) is 37.5 Å². The van der Waals surface area contributed by atoms with Crippen LogP contribution in [0.15, 0.2) is 53.0 Å². The standard InChI is InChI=1S/C15H14BrN3/c1-18(13-9-5-3-7-11(13)16)15-17-12-8-4-6-10-14(12)19(15)2/h3-10H,1-2H3. The molecule has 0 aliphatic carbocycles. The molecule has 0 unspecified atom stereocenters. The van der Waals surface area contributed by atoms with Gasteiger partial charge >= 0.3 is 0 Å². The van der Waals surface area contributed by atoms with Crippen LogP contribution in [0, 0.1) is 0 Å². The minimum absolute atomic E-state index is 0.924. The number of nitrogens with zero attached hydrogens (tertiary/aromatic N) is 3. The molecule has 3 nitrogen and oxygen atoms in total. The van der Waals surface area contributed by atoms with Crippen molar-refractivity contribution in [2.24, 2.45) is 7.05 Å². The molecule has 3 rings (SSSR count). The van der Waals surface area contributed by atoms with E-state index < -0.39 is 0 Å². The van der Waals surface area contributed by atoms with Gasteiger partial charge in [0, 0.05) is 18.6 Å². The lowest BCUT2D eigenvalue weighted by Gasteiger charge is -2.19. The molecule has 2 aromatic carbocycles. The average molecular weight is 316 g/mol. The molecule has 96 valence electrons. The molecule has 1 aromatic heterocycles. The number of anilines is 2. The number of imidazole rings is 1. The van der Waals surface area contributed by atoms with Crippen LogP contribution >= 0.6 is 15.9 Å². The van der Waals surface area contributed by atoms with Crippen LogP contribution in [0.5, 0.6) is 0 Å². The van der Waals surface area contributed by atoms with E-state index >= 15 is 0 Å². The average Bonchev–Trinajstić information content (AvgIpc) is 2.77. The first-order valence-electron chi connectivity index (χ1n) is 6.08. The molecule has 0 aliphatic rings. The highest BCUT2D eigenvalue weighted by molar-refractivity contribution is 9.10. The highest BCUT2D eigenvalue weighted by Crippen LogP contribution is 2.31. The smallest absolute Gasteiger partial charge is 0.210 e. The minimum atomic E-state index is 0.924. The van der Waals surface area contributed by atoms with Crippen molar-refractivity contribution in [3.05, 3.63) is 53.0 Å². The summed E-state index contributed by atoms with van der Waals surface area (Å²) in [6.45, 7) is 0. The number of aromatic nitrogens is 2. The van der Waals surface area contributed by atoms with Crippen LogP contribution in [-0.2, 0) is 7.05 Å². The van der Waals surface area contributed by atoms with Crippen LogP contribution in [0.2, 0.25) is 0 Å². The molecule has 0 N–H and O–H groups in total. The number of halogens is 1. The van der Waals surface area contributed by atoms with Gasteiger partial charge in [0.05, 0.1) is 16.7 Å². The van der Waals surface area contributed by atoms with E-state index in [0.29, 0.717) is 0 Å². The van der Waals surface area contributed by atoms with Crippen molar-refractivity contribution >= 4 is 38.6 Å². The third-order valence-electron chi connectivity index (χ3n) is 3.28. The lowest BCUT2D eigenvalue weighted by Crippen LogP contribution is -2.14. The fraction of sp³-hybridized carbons (Fsp3) is 0.133. The highest BCUT2D eigenvalue weighted by Gasteiger charge is 2.14. The lowest BCUT2D eigenvalue weighted by atomic mass is 10.3. The van der Waals surface area contributed by atoms with Gasteiger partial charge in [-0.05, 0) is 40.2 Å². The van der Waals surface area contributed by atoms with Crippen molar-refractivity contribution in [2.45, 2.75) is 0 Å². The van der Waals surface area contributed by atoms with Gasteiger partial charge in [0.15, 0.2) is 0 Å². The maximum Gasteiger partial charge on any atom is 0.210 e. The molecule has 0 saturated heterocycles. The Morgan fingerprint density at radius 3 is 2.47 bits per heavy atom. The van der Waals surface area contributed by atoms with Crippen LogP contribution in [0.4, 0.5) is 11.6 Å². The number of hydrogen-bond donors (Lipinski definition) is 0. The van der Waals surface area contributed by atoms with Crippen molar-refractivity contribution in [3.8, 4) is 0 Å². The van der Waals surface area contributed by atoms with E-state index in [1.54, 1.807) is 0 Å². The van der Waals surface area contributed by atoms with E-state index in [4.69, 9.17) is 4.98 Å². The van der Waals surface area contributed by atoms with Crippen LogP contribution in [-0.4, -0.2) is 16.6 Å². The van der Waals surface area contributed by atoms with Crippen molar-refractivity contribution < 1.29 is 0 Å². The Balaban J connectivity index is 2.14. The predicted molar refractivity (Wildman–Crippen MR) is 82.9 cm³/mol. The Morgan fingerprint density at radius 1 is 1.05 bits per heavy atom. The summed E-state index contributed by atoms with van der Waals surface area (Å²) in [5, 5.41) is 0. The van der Waals surface area contributed by atoms with Gasteiger partial charge in [0.25, 0.3) is 0 Å². The molecule has 0 saturated carbocycles. The summed E-state index contributed by atoms with van der Waals surface area (Å²) < 4.78 is 3.17. The molecule has 19 heavy (non-hydrogen) atoms. The second-order valence-electron chi connectivity index (χ2n) is 4.47. The monoisotopic (exact) mass is 315 g/mol. The molecule has 4 heteroatoms. The molecule has 0 aliphatic heterocycles. The van der Waals surface area contributed by atoms with Gasteiger partial charge in [0.1, 0.15) is 0 Å². The molecular weight excluding hydrogens is 302 g/mol. The van der Waals surface area contributed by atoms with Gasteiger partial charge in [-0.1, -0.05) is 24.3 Å². The Labute approximate surface area is 120 Å². The topological polar surface area (TPSA) is 21.1 Å². The number of hydrogen-bond acceptors (Lipinski definition) is 2. The van der Waals surface area contributed by atoms with E-state index in [9.17, 15) is 0 Å². The van der Waals surface area contributed by atoms with Crippen LogP contribution in [0.3, 0.4) is 0 Å². The fourth-order valence-electron chi connectivity index (χ4n) is 2.26. The van der Waals surface area contributed by atoms with Crippen LogP contribution < -0.4 is 4.90 Å². The molecule has 0 radical (unpaired) electrons. The molecule has 0 bridgehead atoms. The molecule has 0 spiro atoms. The quantitative estimate of drug-likeness (QED) is 0.709. The van der Waals surface area contributed by atoms with Gasteiger partial charge < -0.3 is 9.47 Å². The summed E-state index contributed by atoms with van der Waals surface area (Å²) >= 11 is 3.58. The maximum absolute atomic E-state index is 4.70. The first kappa shape index (κ1) is 12.2. The Hall–Kier alpha value is -1.81. The lowest BCUT2D eigenvalue weighted by molar-refractivity contribution is 0.909. The van der Waals surface area contributed by atoms with Crippen molar-refractivity contribution in [1.29, 1.82) is 0 Å². The Morgan fingerprint density at radius 2 is 1.74 bits per heavy atom. The Bertz CT molecular complexity index is 733. The zero-order valence-corrected chi connectivity index (χ0v) is 12.4. The molecule has 0 fully saturated rings. The fourth-order valence-corrected chi connectivity index (χ4v) is 2.82. The van der Waals surface area contributed by atoms with E-state index in [1.165, 1.54) is 0 Å². The molecule has 1 heterocycles. The third-order valence-corrected chi connectivity index (χ3v) is 3.95. The van der Waals surface area contributed by atoms with E-state index in [-0.39, 0.29) is 0 Å². The normalized spacial score (nSPS) is 10.9. The van der Waals surface area contributed by atoms with Crippen molar-refractivity contribution in [3.63, 3.8) is 0 Å². The number of aryl methyl sites for hydroxylation is 1. The van der Waals surface area contributed by atoms with Gasteiger partial charge in [-0.2, -0.15) is 0 Å². The summed E-state index contributed by atoms with van der Waals surface area (Å²) in [4.78, 5) is 6.79. The number of rotatable bonds is 2. The number of benzene rings is 2. The van der Waals surface area contributed by atoms with Gasteiger partial charge in [-0.25, -0.2) is 4.98 Å². The van der Waals surface area contributed by atoms with E-state index in [1.807, 2.05) is 50.5 Å². The summed E-state index contributed by atoms with van der Waals surface area (Å²) in [6, 6.07) is 16.3. The Kier molecular flexibility index (Phi) is 3.03. The summed E-state index contributed by atoms with van der Waals surface area (Å²) in [5.41, 5.74) is 3.25. The SMILES string of the molecule is CN(c1ccccc1Br)c1nc2ccccc2n1C. The summed E-state index contributed by atoms with van der Waals surface area (Å²) in [6.07, 6.45) is 0. The van der Waals surface area contributed by atoms with Gasteiger partial charge in [-0.15, -0.1) is 0 Å². The second-order valence-corrected chi connectivity index (χ2v) is 5.32. The van der Waals surface area contributed by atoms with Gasteiger partial charge in [-0.3, -0.25) is 0 Å².